The molecule has 0 aliphatic rings. The Morgan fingerprint density at radius 2 is 1.95 bits per heavy atom. The molecule has 0 unspecified atom stereocenters. The molecule has 2 aromatic rings. The number of nitrogen functional groups attached to an aromatic ring is 1. The van der Waals surface area contributed by atoms with Gasteiger partial charge in [0.15, 0.2) is 5.82 Å². The van der Waals surface area contributed by atoms with E-state index in [1.807, 2.05) is 0 Å². The van der Waals surface area contributed by atoms with Gasteiger partial charge in [-0.25, -0.2) is 13.4 Å². The lowest BCUT2D eigenvalue weighted by Gasteiger charge is -2.09. The average Bonchev–Trinajstić information content (AvgIpc) is 2.41. The monoisotopic (exact) mass is 314 g/mol. The maximum atomic E-state index is 12.2. The highest BCUT2D eigenvalue weighted by Gasteiger charge is 2.17. The van der Waals surface area contributed by atoms with Gasteiger partial charge in [0.2, 0.25) is 0 Å². The highest BCUT2D eigenvalue weighted by molar-refractivity contribution is 7.92. The van der Waals surface area contributed by atoms with Gasteiger partial charge in [0.05, 0.1) is 18.2 Å². The SMILES string of the molecule is COc1ncc(Cl)c(NS(=O)(=O)c2ccc(N)cc2)n1. The highest BCUT2D eigenvalue weighted by atomic mass is 35.5. The van der Waals surface area contributed by atoms with E-state index in [4.69, 9.17) is 22.1 Å². The van der Waals surface area contributed by atoms with Crippen LogP contribution in [0.3, 0.4) is 0 Å². The molecular weight excluding hydrogens is 304 g/mol. The molecule has 3 N–H and O–H groups in total. The van der Waals surface area contributed by atoms with Crippen LogP contribution in [-0.4, -0.2) is 25.5 Å². The number of nitrogens with one attached hydrogen (secondary N) is 1. The Labute approximate surface area is 120 Å². The van der Waals surface area contributed by atoms with Crippen LogP contribution in [0.5, 0.6) is 6.01 Å². The third-order valence-electron chi connectivity index (χ3n) is 2.33. The number of methoxy groups -OCH3 is 1. The van der Waals surface area contributed by atoms with E-state index in [1.54, 1.807) is 0 Å². The van der Waals surface area contributed by atoms with Crippen molar-refractivity contribution in [1.29, 1.82) is 0 Å². The molecule has 1 aromatic heterocycles. The molecule has 0 saturated heterocycles. The van der Waals surface area contributed by atoms with Crippen molar-refractivity contribution in [2.45, 2.75) is 4.90 Å². The first kappa shape index (κ1) is 14.4. The van der Waals surface area contributed by atoms with Gasteiger partial charge in [0, 0.05) is 5.69 Å². The van der Waals surface area contributed by atoms with Gasteiger partial charge >= 0.3 is 6.01 Å². The summed E-state index contributed by atoms with van der Waals surface area (Å²) in [6.45, 7) is 0. The van der Waals surface area contributed by atoms with Crippen LogP contribution in [0.15, 0.2) is 35.4 Å². The zero-order valence-corrected chi connectivity index (χ0v) is 11.9. The van der Waals surface area contributed by atoms with Gasteiger partial charge in [-0.1, -0.05) is 11.6 Å². The van der Waals surface area contributed by atoms with Crippen LogP contribution >= 0.6 is 11.6 Å². The lowest BCUT2D eigenvalue weighted by Crippen LogP contribution is -2.14. The lowest BCUT2D eigenvalue weighted by molar-refractivity contribution is 0.380. The summed E-state index contributed by atoms with van der Waals surface area (Å²) in [4.78, 5) is 7.64. The van der Waals surface area contributed by atoms with Crippen LogP contribution in [0.2, 0.25) is 5.02 Å². The van der Waals surface area contributed by atoms with Crippen molar-refractivity contribution in [1.82, 2.24) is 9.97 Å². The summed E-state index contributed by atoms with van der Waals surface area (Å²) in [6, 6.07) is 5.73. The van der Waals surface area contributed by atoms with Gasteiger partial charge in [0.1, 0.15) is 5.02 Å². The number of anilines is 2. The molecule has 0 spiro atoms. The third-order valence-corrected chi connectivity index (χ3v) is 3.96. The molecule has 0 radical (unpaired) electrons. The number of ether oxygens (including phenoxy) is 1. The van der Waals surface area contributed by atoms with E-state index in [0.717, 1.165) is 0 Å². The summed E-state index contributed by atoms with van der Waals surface area (Å²) < 4.78 is 31.4. The fraction of sp³-hybridized carbons (Fsp3) is 0.0909. The normalized spacial score (nSPS) is 11.1. The number of benzene rings is 1. The molecule has 0 saturated carbocycles. The topological polar surface area (TPSA) is 107 Å². The number of nitrogens with two attached hydrogens (primary N) is 1. The average molecular weight is 315 g/mol. The first-order valence-corrected chi connectivity index (χ1v) is 7.23. The van der Waals surface area contributed by atoms with Crippen molar-refractivity contribution in [2.75, 3.05) is 17.6 Å². The Morgan fingerprint density at radius 3 is 2.55 bits per heavy atom. The standard InChI is InChI=1S/C11H11ClN4O3S/c1-19-11-14-6-9(12)10(15-11)16-20(17,18)8-4-2-7(13)3-5-8/h2-6H,13H2,1H3,(H,14,15,16). The van der Waals surface area contributed by atoms with Crippen molar-refractivity contribution < 1.29 is 13.2 Å². The van der Waals surface area contributed by atoms with Crippen LogP contribution in [0.1, 0.15) is 0 Å². The Kier molecular flexibility index (Phi) is 3.96. The molecule has 0 aliphatic heterocycles. The fourth-order valence-corrected chi connectivity index (χ4v) is 2.57. The quantitative estimate of drug-likeness (QED) is 0.828. The van der Waals surface area contributed by atoms with E-state index in [2.05, 4.69) is 14.7 Å². The summed E-state index contributed by atoms with van der Waals surface area (Å²) >= 11 is 5.84. The van der Waals surface area contributed by atoms with Gasteiger partial charge < -0.3 is 10.5 Å². The summed E-state index contributed by atoms with van der Waals surface area (Å²) in [5, 5.41) is 0.0600. The van der Waals surface area contributed by atoms with Crippen molar-refractivity contribution in [3.05, 3.63) is 35.5 Å². The maximum Gasteiger partial charge on any atom is 0.318 e. The van der Waals surface area contributed by atoms with Crippen molar-refractivity contribution in [3.8, 4) is 6.01 Å². The molecular formula is C11H11ClN4O3S. The van der Waals surface area contributed by atoms with E-state index in [0.29, 0.717) is 5.69 Å². The second-order valence-electron chi connectivity index (χ2n) is 3.73. The Hall–Kier alpha value is -2.06. The first-order chi connectivity index (χ1) is 9.42. The number of sulfonamides is 1. The smallest absolute Gasteiger partial charge is 0.318 e. The van der Waals surface area contributed by atoms with Crippen molar-refractivity contribution in [3.63, 3.8) is 0 Å². The van der Waals surface area contributed by atoms with Gasteiger partial charge in [-0.15, -0.1) is 0 Å². The maximum absolute atomic E-state index is 12.2. The van der Waals surface area contributed by atoms with Crippen LogP contribution < -0.4 is 15.2 Å². The van der Waals surface area contributed by atoms with E-state index in [9.17, 15) is 8.42 Å². The predicted octanol–water partition coefficient (Wildman–Crippen LogP) is 1.52. The number of rotatable bonds is 4. The molecule has 0 bridgehead atoms. The second kappa shape index (κ2) is 5.51. The molecule has 106 valence electrons. The van der Waals surface area contributed by atoms with Crippen molar-refractivity contribution >= 4 is 33.1 Å². The Morgan fingerprint density at radius 1 is 1.30 bits per heavy atom. The summed E-state index contributed by atoms with van der Waals surface area (Å²) in [7, 11) is -2.45. The first-order valence-electron chi connectivity index (χ1n) is 5.37. The van der Waals surface area contributed by atoms with Gasteiger partial charge in [-0.05, 0) is 24.3 Å². The van der Waals surface area contributed by atoms with E-state index < -0.39 is 10.0 Å². The number of halogens is 1. The molecule has 20 heavy (non-hydrogen) atoms. The van der Waals surface area contributed by atoms with E-state index >= 15 is 0 Å². The molecule has 2 rings (SSSR count). The van der Waals surface area contributed by atoms with Crippen molar-refractivity contribution in [2.24, 2.45) is 0 Å². The Bertz CT molecular complexity index is 719. The fourth-order valence-electron chi connectivity index (χ4n) is 1.35. The predicted molar refractivity (Wildman–Crippen MR) is 75.3 cm³/mol. The van der Waals surface area contributed by atoms with Crippen LogP contribution in [0.4, 0.5) is 11.5 Å². The van der Waals surface area contributed by atoms with E-state index in [-0.39, 0.29) is 21.7 Å². The highest BCUT2D eigenvalue weighted by Crippen LogP contribution is 2.23. The number of nitrogens with zero attached hydrogens (tertiary/aromatic N) is 2. The van der Waals surface area contributed by atoms with Gasteiger partial charge in [-0.2, -0.15) is 4.98 Å². The number of hydrogen-bond donors (Lipinski definition) is 2. The molecule has 0 aliphatic carbocycles. The largest absolute Gasteiger partial charge is 0.467 e. The minimum Gasteiger partial charge on any atom is -0.467 e. The molecule has 1 aromatic carbocycles. The zero-order valence-electron chi connectivity index (χ0n) is 10.4. The van der Waals surface area contributed by atoms with Crippen LogP contribution in [0.25, 0.3) is 0 Å². The minimum absolute atomic E-state index is 0.00408. The lowest BCUT2D eigenvalue weighted by atomic mass is 10.3. The summed E-state index contributed by atoms with van der Waals surface area (Å²) in [6.07, 6.45) is 1.24. The minimum atomic E-state index is -3.81. The van der Waals surface area contributed by atoms with E-state index in [1.165, 1.54) is 37.6 Å². The molecule has 9 heteroatoms. The summed E-state index contributed by atoms with van der Waals surface area (Å²) in [5.41, 5.74) is 5.97. The van der Waals surface area contributed by atoms with Crippen LogP contribution in [0, 0.1) is 0 Å². The number of aromatic nitrogens is 2. The zero-order chi connectivity index (χ0) is 14.8. The summed E-state index contributed by atoms with van der Waals surface area (Å²) in [5.74, 6) is -0.0599. The second-order valence-corrected chi connectivity index (χ2v) is 5.82. The number of hydrogen-bond acceptors (Lipinski definition) is 6. The van der Waals surface area contributed by atoms with Gasteiger partial charge in [0.25, 0.3) is 10.0 Å². The molecule has 1 heterocycles. The molecule has 0 atom stereocenters. The molecule has 7 nitrogen and oxygen atoms in total. The Balaban J connectivity index is 2.35. The van der Waals surface area contributed by atoms with Crippen LogP contribution in [-0.2, 0) is 10.0 Å². The third kappa shape index (κ3) is 3.09. The molecule has 0 fully saturated rings. The van der Waals surface area contributed by atoms with Gasteiger partial charge in [-0.3, -0.25) is 4.72 Å². The molecule has 0 amide bonds.